The number of carboxylic acids is 1. The van der Waals surface area contributed by atoms with Crippen LogP contribution < -0.4 is 11.1 Å². The van der Waals surface area contributed by atoms with E-state index in [9.17, 15) is 14.0 Å². The van der Waals surface area contributed by atoms with E-state index >= 15 is 0 Å². The van der Waals surface area contributed by atoms with E-state index in [0.717, 1.165) is 0 Å². The van der Waals surface area contributed by atoms with Crippen molar-refractivity contribution in [2.24, 2.45) is 5.73 Å². The Bertz CT molecular complexity index is 523. The number of rotatable bonds is 8. The van der Waals surface area contributed by atoms with Gasteiger partial charge in [0.1, 0.15) is 11.9 Å². The molecule has 0 aliphatic rings. The minimum absolute atomic E-state index is 0. The van der Waals surface area contributed by atoms with E-state index in [4.69, 9.17) is 10.8 Å². The topological polar surface area (TPSA) is 92.4 Å². The van der Waals surface area contributed by atoms with Gasteiger partial charge in [-0.1, -0.05) is 18.2 Å². The highest BCUT2D eigenvalue weighted by Gasteiger charge is 2.09. The van der Waals surface area contributed by atoms with Crippen LogP contribution in [0.3, 0.4) is 0 Å². The number of aliphatic carboxylic acids is 1. The second-order valence-corrected chi connectivity index (χ2v) is 4.59. The maximum absolute atomic E-state index is 13.3. The Morgan fingerprint density at radius 2 is 2.00 bits per heavy atom. The third-order valence-electron chi connectivity index (χ3n) is 2.88. The van der Waals surface area contributed by atoms with Crippen LogP contribution >= 0.6 is 12.4 Å². The molecular formula is C15H20ClFN2O3. The van der Waals surface area contributed by atoms with E-state index in [0.29, 0.717) is 31.4 Å². The minimum Gasteiger partial charge on any atom is -0.480 e. The monoisotopic (exact) mass is 330 g/mol. The van der Waals surface area contributed by atoms with Gasteiger partial charge in [-0.15, -0.1) is 12.4 Å². The molecule has 0 aliphatic heterocycles. The van der Waals surface area contributed by atoms with Crippen LogP contribution in [0.4, 0.5) is 4.39 Å². The zero-order chi connectivity index (χ0) is 15.7. The van der Waals surface area contributed by atoms with Crippen molar-refractivity contribution in [3.05, 3.63) is 41.7 Å². The highest BCUT2D eigenvalue weighted by atomic mass is 35.5. The summed E-state index contributed by atoms with van der Waals surface area (Å²) in [5.41, 5.74) is 5.70. The predicted molar refractivity (Wildman–Crippen MR) is 85.2 cm³/mol. The smallest absolute Gasteiger partial charge is 0.320 e. The first kappa shape index (κ1) is 20.1. The lowest BCUT2D eigenvalue weighted by molar-refractivity contribution is -0.138. The van der Waals surface area contributed by atoms with E-state index in [1.165, 1.54) is 18.2 Å². The van der Waals surface area contributed by atoms with Gasteiger partial charge in [0.25, 0.3) is 0 Å². The molecule has 0 aromatic heterocycles. The molecule has 1 rings (SSSR count). The number of nitrogens with one attached hydrogen (secondary N) is 1. The molecule has 0 aliphatic carbocycles. The van der Waals surface area contributed by atoms with Gasteiger partial charge in [-0.25, -0.2) is 4.39 Å². The number of halogens is 2. The molecule has 1 aromatic carbocycles. The Morgan fingerprint density at radius 1 is 1.32 bits per heavy atom. The first-order valence-corrected chi connectivity index (χ1v) is 6.69. The Kier molecular flexibility index (Phi) is 9.82. The predicted octanol–water partition coefficient (Wildman–Crippen LogP) is 1.96. The lowest BCUT2D eigenvalue weighted by Gasteiger charge is -2.06. The fourth-order valence-electron chi connectivity index (χ4n) is 1.66. The molecule has 1 aromatic rings. The van der Waals surface area contributed by atoms with Crippen LogP contribution in [-0.2, 0) is 9.59 Å². The minimum atomic E-state index is -1.02. The van der Waals surface area contributed by atoms with Crippen molar-refractivity contribution in [2.75, 3.05) is 6.54 Å². The van der Waals surface area contributed by atoms with E-state index in [1.807, 2.05) is 0 Å². The summed E-state index contributed by atoms with van der Waals surface area (Å²) in [5, 5.41) is 11.2. The summed E-state index contributed by atoms with van der Waals surface area (Å²) in [4.78, 5) is 22.0. The molecule has 1 atom stereocenters. The third-order valence-corrected chi connectivity index (χ3v) is 2.88. The Morgan fingerprint density at radius 3 is 2.64 bits per heavy atom. The molecule has 0 bridgehead atoms. The van der Waals surface area contributed by atoms with Gasteiger partial charge in [0.05, 0.1) is 0 Å². The summed E-state index contributed by atoms with van der Waals surface area (Å²) in [6.45, 7) is 0.423. The van der Waals surface area contributed by atoms with Crippen molar-refractivity contribution in [1.82, 2.24) is 5.32 Å². The average molecular weight is 331 g/mol. The van der Waals surface area contributed by atoms with E-state index in [1.54, 1.807) is 18.2 Å². The highest BCUT2D eigenvalue weighted by molar-refractivity contribution is 5.91. The van der Waals surface area contributed by atoms with Crippen LogP contribution in [0.1, 0.15) is 24.8 Å². The largest absolute Gasteiger partial charge is 0.480 e. The molecule has 1 amide bonds. The highest BCUT2D eigenvalue weighted by Crippen LogP contribution is 2.07. The van der Waals surface area contributed by atoms with E-state index < -0.39 is 12.0 Å². The second kappa shape index (κ2) is 10.8. The van der Waals surface area contributed by atoms with Gasteiger partial charge in [0.2, 0.25) is 5.91 Å². The van der Waals surface area contributed by atoms with Crippen LogP contribution in [0.15, 0.2) is 30.3 Å². The van der Waals surface area contributed by atoms with Gasteiger partial charge in [-0.05, 0) is 31.4 Å². The molecule has 4 N–H and O–H groups in total. The second-order valence-electron chi connectivity index (χ2n) is 4.59. The number of carbonyl (C=O) groups excluding carboxylic acids is 1. The number of benzene rings is 1. The first-order valence-electron chi connectivity index (χ1n) is 6.69. The van der Waals surface area contributed by atoms with Crippen molar-refractivity contribution < 1.29 is 19.1 Å². The third kappa shape index (κ3) is 7.75. The van der Waals surface area contributed by atoms with Crippen LogP contribution in [0.25, 0.3) is 6.08 Å². The molecule has 7 heteroatoms. The fraction of sp³-hybridized carbons (Fsp3) is 0.333. The number of unbranched alkanes of at least 4 members (excludes halogenated alkanes) is 1. The maximum atomic E-state index is 13.3. The molecule has 0 saturated heterocycles. The van der Waals surface area contributed by atoms with Gasteiger partial charge in [0, 0.05) is 18.2 Å². The van der Waals surface area contributed by atoms with Crippen LogP contribution in [-0.4, -0.2) is 29.6 Å². The zero-order valence-corrected chi connectivity index (χ0v) is 12.8. The first-order chi connectivity index (χ1) is 10.0. The summed E-state index contributed by atoms with van der Waals surface area (Å²) in [6.07, 6.45) is 4.30. The normalized spacial score (nSPS) is 11.7. The van der Waals surface area contributed by atoms with Crippen LogP contribution in [0.5, 0.6) is 0 Å². The quantitative estimate of drug-likeness (QED) is 0.502. The molecule has 5 nitrogen and oxygen atoms in total. The standard InChI is InChI=1S/C15H19FN2O3.ClH/c16-12-6-2-1-5-11(12)8-9-14(19)18-10-4-3-7-13(17)15(20)21;/h1-2,5-6,8-9,13H,3-4,7,10,17H2,(H,18,19)(H,20,21);1H/t13-;/m0./s1. The van der Waals surface area contributed by atoms with Gasteiger partial charge < -0.3 is 16.2 Å². The Balaban J connectivity index is 0.00000441. The molecule has 0 unspecified atom stereocenters. The zero-order valence-electron chi connectivity index (χ0n) is 12.0. The van der Waals surface area contributed by atoms with Gasteiger partial charge in [0.15, 0.2) is 0 Å². The summed E-state index contributed by atoms with van der Waals surface area (Å²) in [5.74, 6) is -1.73. The lowest BCUT2D eigenvalue weighted by atomic mass is 10.1. The van der Waals surface area contributed by atoms with Crippen LogP contribution in [0, 0.1) is 5.82 Å². The van der Waals surface area contributed by atoms with E-state index in [-0.39, 0.29) is 24.1 Å². The number of nitrogens with two attached hydrogens (primary N) is 1. The summed E-state index contributed by atoms with van der Waals surface area (Å²) in [7, 11) is 0. The van der Waals surface area contributed by atoms with Crippen molar-refractivity contribution in [3.63, 3.8) is 0 Å². The van der Waals surface area contributed by atoms with Gasteiger partial charge >= 0.3 is 5.97 Å². The lowest BCUT2D eigenvalue weighted by Crippen LogP contribution is -2.30. The number of carboxylic acid groups (broad SMARTS) is 1. The molecule has 0 heterocycles. The average Bonchev–Trinajstić information content (AvgIpc) is 2.45. The Hall–Kier alpha value is -1.92. The SMILES string of the molecule is Cl.N[C@@H](CCCCNC(=O)C=Cc1ccccc1F)C(=O)O. The van der Waals surface area contributed by atoms with Crippen molar-refractivity contribution >= 4 is 30.4 Å². The van der Waals surface area contributed by atoms with Crippen molar-refractivity contribution in [2.45, 2.75) is 25.3 Å². The molecule has 0 saturated carbocycles. The molecule has 0 spiro atoms. The van der Waals surface area contributed by atoms with Crippen molar-refractivity contribution in [1.29, 1.82) is 0 Å². The number of amides is 1. The molecule has 122 valence electrons. The summed E-state index contributed by atoms with van der Waals surface area (Å²) >= 11 is 0. The van der Waals surface area contributed by atoms with Gasteiger partial charge in [-0.2, -0.15) is 0 Å². The maximum Gasteiger partial charge on any atom is 0.320 e. The van der Waals surface area contributed by atoms with E-state index in [2.05, 4.69) is 5.32 Å². The number of hydrogen-bond acceptors (Lipinski definition) is 3. The molecule has 22 heavy (non-hydrogen) atoms. The summed E-state index contributed by atoms with van der Waals surface area (Å²) < 4.78 is 13.3. The van der Waals surface area contributed by atoms with Crippen molar-refractivity contribution in [3.8, 4) is 0 Å². The van der Waals surface area contributed by atoms with Gasteiger partial charge in [-0.3, -0.25) is 9.59 Å². The Labute approximate surface area is 134 Å². The summed E-state index contributed by atoms with van der Waals surface area (Å²) in [6, 6.07) is 5.30. The molecular weight excluding hydrogens is 311 g/mol. The fourth-order valence-corrected chi connectivity index (χ4v) is 1.66. The molecule has 0 radical (unpaired) electrons. The van der Waals surface area contributed by atoms with Crippen LogP contribution in [0.2, 0.25) is 0 Å². The number of carbonyl (C=O) groups is 2. The number of hydrogen-bond donors (Lipinski definition) is 3. The molecule has 0 fully saturated rings.